The normalized spacial score (nSPS) is 17.9. The molecule has 1 heterocycles. The fourth-order valence-electron chi connectivity index (χ4n) is 2.98. The van der Waals surface area contributed by atoms with Gasteiger partial charge < -0.3 is 4.74 Å². The van der Waals surface area contributed by atoms with Gasteiger partial charge in [-0.1, -0.05) is 30.7 Å². The minimum atomic E-state index is -0.0786. The van der Waals surface area contributed by atoms with E-state index in [0.29, 0.717) is 11.1 Å². The Hall–Kier alpha value is -0.900. The van der Waals surface area contributed by atoms with Crippen molar-refractivity contribution in [1.29, 1.82) is 0 Å². The number of carbonyl (C=O) groups is 1. The number of nitrogens with zero attached hydrogens (tertiary/aromatic N) is 1. The van der Waals surface area contributed by atoms with Crippen molar-refractivity contribution < 1.29 is 9.53 Å². The van der Waals surface area contributed by atoms with E-state index in [2.05, 4.69) is 11.8 Å². The SMILES string of the molecule is CCN(CC(C(C)=O)c1ccc(Cl)cc1)C1CCOCC1. The van der Waals surface area contributed by atoms with Gasteiger partial charge in [0.15, 0.2) is 0 Å². The Balaban J connectivity index is 2.10. The molecule has 1 aromatic carbocycles. The lowest BCUT2D eigenvalue weighted by molar-refractivity contribution is -0.119. The third-order valence-corrected chi connectivity index (χ3v) is 4.55. The molecule has 0 saturated carbocycles. The number of likely N-dealkylation sites (N-methyl/N-ethyl adjacent to an activating group) is 1. The molecule has 0 N–H and O–H groups in total. The van der Waals surface area contributed by atoms with Crippen LogP contribution in [0.2, 0.25) is 5.02 Å². The lowest BCUT2D eigenvalue weighted by Crippen LogP contribution is -2.42. The summed E-state index contributed by atoms with van der Waals surface area (Å²) in [6, 6.07) is 8.17. The van der Waals surface area contributed by atoms with E-state index in [4.69, 9.17) is 16.3 Å². The van der Waals surface area contributed by atoms with Gasteiger partial charge in [-0.25, -0.2) is 0 Å². The summed E-state index contributed by atoms with van der Waals surface area (Å²) in [5.74, 6) is 0.132. The molecule has 0 amide bonds. The maximum Gasteiger partial charge on any atom is 0.138 e. The summed E-state index contributed by atoms with van der Waals surface area (Å²) in [4.78, 5) is 14.5. The molecule has 1 unspecified atom stereocenters. The predicted molar refractivity (Wildman–Crippen MR) is 86.0 cm³/mol. The average molecular weight is 310 g/mol. The second kappa shape index (κ2) is 7.92. The first-order chi connectivity index (χ1) is 10.1. The number of halogens is 1. The smallest absolute Gasteiger partial charge is 0.138 e. The Morgan fingerprint density at radius 1 is 1.33 bits per heavy atom. The summed E-state index contributed by atoms with van der Waals surface area (Å²) in [6.45, 7) is 7.23. The number of hydrogen-bond acceptors (Lipinski definition) is 3. The summed E-state index contributed by atoms with van der Waals surface area (Å²) in [7, 11) is 0. The molecular weight excluding hydrogens is 286 g/mol. The Morgan fingerprint density at radius 2 is 1.95 bits per heavy atom. The van der Waals surface area contributed by atoms with Gasteiger partial charge in [-0.15, -0.1) is 0 Å². The predicted octanol–water partition coefficient (Wildman–Crippen LogP) is 3.51. The number of benzene rings is 1. The van der Waals surface area contributed by atoms with E-state index in [0.717, 1.165) is 44.7 Å². The van der Waals surface area contributed by atoms with Gasteiger partial charge in [-0.3, -0.25) is 9.69 Å². The van der Waals surface area contributed by atoms with Crippen LogP contribution < -0.4 is 0 Å². The van der Waals surface area contributed by atoms with Crippen LogP contribution in [0.1, 0.15) is 38.2 Å². The molecule has 21 heavy (non-hydrogen) atoms. The van der Waals surface area contributed by atoms with Crippen LogP contribution in [-0.2, 0) is 9.53 Å². The third-order valence-electron chi connectivity index (χ3n) is 4.29. The Bertz CT molecular complexity index is 454. The molecule has 0 bridgehead atoms. The molecule has 1 aromatic rings. The minimum Gasteiger partial charge on any atom is -0.381 e. The number of hydrogen-bond donors (Lipinski definition) is 0. The molecule has 3 nitrogen and oxygen atoms in total. The molecule has 1 saturated heterocycles. The summed E-state index contributed by atoms with van der Waals surface area (Å²) in [6.07, 6.45) is 2.11. The fraction of sp³-hybridized carbons (Fsp3) is 0.588. The van der Waals surface area contributed by atoms with E-state index in [9.17, 15) is 4.79 Å². The van der Waals surface area contributed by atoms with Crippen molar-refractivity contribution in [2.75, 3.05) is 26.3 Å². The average Bonchev–Trinajstić information content (AvgIpc) is 2.50. The van der Waals surface area contributed by atoms with Crippen LogP contribution in [0.4, 0.5) is 0 Å². The van der Waals surface area contributed by atoms with E-state index >= 15 is 0 Å². The molecule has 1 fully saturated rings. The topological polar surface area (TPSA) is 29.5 Å². The molecule has 116 valence electrons. The van der Waals surface area contributed by atoms with Crippen molar-refractivity contribution in [3.05, 3.63) is 34.9 Å². The van der Waals surface area contributed by atoms with Crippen molar-refractivity contribution in [1.82, 2.24) is 4.90 Å². The summed E-state index contributed by atoms with van der Waals surface area (Å²) >= 11 is 5.94. The molecule has 1 atom stereocenters. The molecule has 0 aromatic heterocycles. The number of rotatable bonds is 6. The van der Waals surface area contributed by atoms with Gasteiger partial charge in [0, 0.05) is 30.8 Å². The largest absolute Gasteiger partial charge is 0.381 e. The maximum atomic E-state index is 12.1. The highest BCUT2D eigenvalue weighted by molar-refractivity contribution is 6.30. The lowest BCUT2D eigenvalue weighted by atomic mass is 9.93. The molecule has 1 aliphatic rings. The molecule has 1 aliphatic heterocycles. The number of ketones is 1. The monoisotopic (exact) mass is 309 g/mol. The van der Waals surface area contributed by atoms with Gasteiger partial charge in [-0.2, -0.15) is 0 Å². The molecule has 0 spiro atoms. The first-order valence-corrected chi connectivity index (χ1v) is 8.07. The van der Waals surface area contributed by atoms with E-state index in [-0.39, 0.29) is 11.7 Å². The van der Waals surface area contributed by atoms with Gasteiger partial charge in [0.25, 0.3) is 0 Å². The van der Waals surface area contributed by atoms with Gasteiger partial charge in [0.1, 0.15) is 5.78 Å². The van der Waals surface area contributed by atoms with Crippen LogP contribution in [0.5, 0.6) is 0 Å². The zero-order valence-electron chi connectivity index (χ0n) is 12.8. The van der Waals surface area contributed by atoms with Crippen molar-refractivity contribution in [3.8, 4) is 0 Å². The van der Waals surface area contributed by atoms with Crippen LogP contribution in [-0.4, -0.2) is 43.0 Å². The second-order valence-corrected chi connectivity index (χ2v) is 6.08. The quantitative estimate of drug-likeness (QED) is 0.805. The summed E-state index contributed by atoms with van der Waals surface area (Å²) < 4.78 is 5.44. The first kappa shape index (κ1) is 16.5. The Labute approximate surface area is 132 Å². The highest BCUT2D eigenvalue weighted by Crippen LogP contribution is 2.23. The molecule has 0 aliphatic carbocycles. The molecule has 4 heteroatoms. The van der Waals surface area contributed by atoms with Crippen LogP contribution in [0, 0.1) is 0 Å². The van der Waals surface area contributed by atoms with E-state index < -0.39 is 0 Å². The van der Waals surface area contributed by atoms with E-state index in [1.54, 1.807) is 6.92 Å². The van der Waals surface area contributed by atoms with Crippen molar-refractivity contribution >= 4 is 17.4 Å². The van der Waals surface area contributed by atoms with Crippen molar-refractivity contribution in [2.24, 2.45) is 0 Å². The van der Waals surface area contributed by atoms with Gasteiger partial charge in [-0.05, 0) is 44.0 Å². The highest BCUT2D eigenvalue weighted by atomic mass is 35.5. The van der Waals surface area contributed by atoms with Crippen LogP contribution in [0.3, 0.4) is 0 Å². The lowest BCUT2D eigenvalue weighted by Gasteiger charge is -2.35. The van der Waals surface area contributed by atoms with Crippen LogP contribution in [0.25, 0.3) is 0 Å². The first-order valence-electron chi connectivity index (χ1n) is 7.69. The van der Waals surface area contributed by atoms with Crippen LogP contribution >= 0.6 is 11.6 Å². The Kier molecular flexibility index (Phi) is 6.22. The Morgan fingerprint density at radius 3 is 2.48 bits per heavy atom. The second-order valence-electron chi connectivity index (χ2n) is 5.65. The van der Waals surface area contributed by atoms with E-state index in [1.807, 2.05) is 24.3 Å². The summed E-state index contributed by atoms with van der Waals surface area (Å²) in [5.41, 5.74) is 1.05. The number of carbonyl (C=O) groups excluding carboxylic acids is 1. The van der Waals surface area contributed by atoms with Crippen molar-refractivity contribution in [2.45, 2.75) is 38.6 Å². The molecule has 0 radical (unpaired) electrons. The number of ether oxygens (including phenoxy) is 1. The van der Waals surface area contributed by atoms with Gasteiger partial charge in [0.2, 0.25) is 0 Å². The zero-order valence-corrected chi connectivity index (χ0v) is 13.6. The summed E-state index contributed by atoms with van der Waals surface area (Å²) in [5, 5.41) is 0.706. The molecular formula is C17H24ClNO2. The fourth-order valence-corrected chi connectivity index (χ4v) is 3.11. The zero-order chi connectivity index (χ0) is 15.2. The van der Waals surface area contributed by atoms with Crippen molar-refractivity contribution in [3.63, 3.8) is 0 Å². The third kappa shape index (κ3) is 4.53. The maximum absolute atomic E-state index is 12.1. The molecule has 2 rings (SSSR count). The standard InChI is InChI=1S/C17H24ClNO2/c1-3-19(16-8-10-21-11-9-16)12-17(13(2)20)14-4-6-15(18)7-5-14/h4-7,16-17H,3,8-12H2,1-2H3. The van der Waals surface area contributed by atoms with Gasteiger partial charge >= 0.3 is 0 Å². The number of Topliss-reactive ketones (excluding diaryl/α,β-unsaturated/α-hetero) is 1. The van der Waals surface area contributed by atoms with Crippen LogP contribution in [0.15, 0.2) is 24.3 Å². The minimum absolute atomic E-state index is 0.0786. The van der Waals surface area contributed by atoms with E-state index in [1.165, 1.54) is 0 Å². The highest BCUT2D eigenvalue weighted by Gasteiger charge is 2.25. The van der Waals surface area contributed by atoms with Gasteiger partial charge in [0.05, 0.1) is 5.92 Å².